The third-order valence-corrected chi connectivity index (χ3v) is 7.29. The molecule has 1 unspecified atom stereocenters. The zero-order valence-electron chi connectivity index (χ0n) is 18.6. The summed E-state index contributed by atoms with van der Waals surface area (Å²) >= 11 is 0. The fourth-order valence-corrected chi connectivity index (χ4v) is 5.21. The molecule has 0 radical (unpaired) electrons. The molecule has 1 aromatic carbocycles. The van der Waals surface area contributed by atoms with E-state index in [1.807, 2.05) is 18.2 Å². The summed E-state index contributed by atoms with van der Waals surface area (Å²) in [5.41, 5.74) is 14.6. The number of hydrogen-bond acceptors (Lipinski definition) is 7. The molecule has 3 heterocycles. The molecule has 168 valence electrons. The lowest BCUT2D eigenvalue weighted by molar-refractivity contribution is 0.0715. The van der Waals surface area contributed by atoms with Crippen LogP contribution in [0.2, 0.25) is 0 Å². The lowest BCUT2D eigenvalue weighted by atomic mass is 9.71. The number of phenolic OH excluding ortho intramolecular Hbond substituents is 1. The highest BCUT2D eigenvalue weighted by Crippen LogP contribution is 2.43. The van der Waals surface area contributed by atoms with E-state index in [9.17, 15) is 5.11 Å². The van der Waals surface area contributed by atoms with Crippen LogP contribution >= 0.6 is 0 Å². The third-order valence-electron chi connectivity index (χ3n) is 7.29. The smallest absolute Gasteiger partial charge is 0.169 e. The van der Waals surface area contributed by atoms with Crippen molar-refractivity contribution in [1.29, 1.82) is 0 Å². The molecular weight excluding hydrogens is 388 g/mol. The van der Waals surface area contributed by atoms with Gasteiger partial charge in [-0.2, -0.15) is 0 Å². The van der Waals surface area contributed by atoms with Crippen molar-refractivity contribution in [3.05, 3.63) is 30.3 Å². The molecule has 2 aliphatic heterocycles. The molecule has 2 fully saturated rings. The highest BCUT2D eigenvalue weighted by atomic mass is 16.3. The minimum Gasteiger partial charge on any atom is -0.507 e. The number of hydrogen-bond donors (Lipinski definition) is 3. The number of aromatic hydroxyl groups is 1. The largest absolute Gasteiger partial charge is 0.507 e. The van der Waals surface area contributed by atoms with Crippen molar-refractivity contribution in [2.24, 2.45) is 17.1 Å². The van der Waals surface area contributed by atoms with E-state index in [-0.39, 0.29) is 5.75 Å². The molecule has 1 aromatic heterocycles. The highest BCUT2D eigenvalue weighted by Gasteiger charge is 2.38. The molecule has 7 heteroatoms. The van der Waals surface area contributed by atoms with Gasteiger partial charge in [0.25, 0.3) is 0 Å². The van der Waals surface area contributed by atoms with Gasteiger partial charge in [-0.15, -0.1) is 10.2 Å². The summed E-state index contributed by atoms with van der Waals surface area (Å²) in [5, 5.41) is 18.6. The number of rotatable bonds is 6. The average Bonchev–Trinajstić information content (AvgIpc) is 2.77. The van der Waals surface area contributed by atoms with E-state index in [4.69, 9.17) is 11.5 Å². The monoisotopic (exact) mass is 424 g/mol. The summed E-state index contributed by atoms with van der Waals surface area (Å²) in [4.78, 5) is 4.97. The molecule has 0 amide bonds. The Hall–Kier alpha value is -2.38. The summed E-state index contributed by atoms with van der Waals surface area (Å²) in [5.74, 6) is 1.35. The summed E-state index contributed by atoms with van der Waals surface area (Å²) < 4.78 is 0. The van der Waals surface area contributed by atoms with Gasteiger partial charge in [0.2, 0.25) is 0 Å². The van der Waals surface area contributed by atoms with Crippen LogP contribution in [0.4, 0.5) is 11.5 Å². The zero-order valence-corrected chi connectivity index (χ0v) is 18.6. The first-order valence-corrected chi connectivity index (χ1v) is 11.6. The standard InChI is InChI=1S/C24H36N6O/c1-18(6-11-25)17-29-12-7-24(8-13-29)9-14-30(15-10-24)21-16-20(27-28-23(21)26)19-4-2-3-5-22(19)31/h2-5,16,18,31H,6-15,17,25H2,1H3,(H2,26,28). The van der Waals surface area contributed by atoms with Gasteiger partial charge in [0.1, 0.15) is 5.75 Å². The van der Waals surface area contributed by atoms with E-state index < -0.39 is 0 Å². The minimum absolute atomic E-state index is 0.206. The second kappa shape index (κ2) is 9.40. The Labute approximate surface area is 185 Å². The molecule has 5 N–H and O–H groups in total. The molecule has 4 rings (SSSR count). The maximum absolute atomic E-state index is 10.2. The van der Waals surface area contributed by atoms with E-state index in [1.165, 1.54) is 45.3 Å². The van der Waals surface area contributed by atoms with E-state index >= 15 is 0 Å². The quantitative estimate of drug-likeness (QED) is 0.654. The van der Waals surface area contributed by atoms with E-state index in [1.54, 1.807) is 12.1 Å². The van der Waals surface area contributed by atoms with Crippen molar-refractivity contribution in [2.75, 3.05) is 49.9 Å². The van der Waals surface area contributed by atoms with Crippen LogP contribution in [0.5, 0.6) is 5.75 Å². The SMILES string of the molecule is CC(CCN)CN1CCC2(CC1)CCN(c1cc(-c3ccccc3O)nnc1N)CC2. The van der Waals surface area contributed by atoms with Crippen LogP contribution < -0.4 is 16.4 Å². The maximum Gasteiger partial charge on any atom is 0.169 e. The maximum atomic E-state index is 10.2. The van der Waals surface area contributed by atoms with Crippen molar-refractivity contribution in [3.8, 4) is 17.0 Å². The Kier molecular flexibility index (Phi) is 6.62. The molecule has 1 spiro atoms. The lowest BCUT2D eigenvalue weighted by Gasteiger charge is -2.47. The predicted octanol–water partition coefficient (Wildman–Crippen LogP) is 3.10. The van der Waals surface area contributed by atoms with Gasteiger partial charge in [0.05, 0.1) is 11.4 Å². The summed E-state index contributed by atoms with van der Waals surface area (Å²) in [6, 6.07) is 9.18. The van der Waals surface area contributed by atoms with Gasteiger partial charge in [0.15, 0.2) is 5.82 Å². The minimum atomic E-state index is 0.206. The summed E-state index contributed by atoms with van der Waals surface area (Å²) in [7, 11) is 0. The van der Waals surface area contributed by atoms with Crippen molar-refractivity contribution in [1.82, 2.24) is 15.1 Å². The first kappa shape index (κ1) is 21.8. The molecular formula is C24H36N6O. The van der Waals surface area contributed by atoms with Crippen molar-refractivity contribution in [3.63, 3.8) is 0 Å². The Morgan fingerprint density at radius 1 is 1.06 bits per heavy atom. The van der Waals surface area contributed by atoms with Crippen LogP contribution in [0.1, 0.15) is 39.0 Å². The molecule has 2 saturated heterocycles. The van der Waals surface area contributed by atoms with Crippen molar-refractivity contribution in [2.45, 2.75) is 39.0 Å². The number of aromatic nitrogens is 2. The Balaban J connectivity index is 1.38. The molecule has 0 saturated carbocycles. The third kappa shape index (κ3) is 4.93. The fourth-order valence-electron chi connectivity index (χ4n) is 5.21. The second-order valence-electron chi connectivity index (χ2n) is 9.49. The summed E-state index contributed by atoms with van der Waals surface area (Å²) in [6.45, 7) is 8.64. The van der Waals surface area contributed by atoms with Crippen LogP contribution in [0.15, 0.2) is 30.3 Å². The molecule has 2 aromatic rings. The molecule has 1 atom stereocenters. The van der Waals surface area contributed by atoms with Crippen LogP contribution in [0.3, 0.4) is 0 Å². The topological polar surface area (TPSA) is 105 Å². The average molecular weight is 425 g/mol. The number of likely N-dealkylation sites (tertiary alicyclic amines) is 1. The van der Waals surface area contributed by atoms with Gasteiger partial charge >= 0.3 is 0 Å². The predicted molar refractivity (Wildman–Crippen MR) is 126 cm³/mol. The Morgan fingerprint density at radius 2 is 1.74 bits per heavy atom. The van der Waals surface area contributed by atoms with Gasteiger partial charge < -0.3 is 26.4 Å². The first-order valence-electron chi connectivity index (χ1n) is 11.6. The number of benzene rings is 1. The number of nitrogen functional groups attached to an aromatic ring is 1. The number of piperidine rings is 2. The Bertz CT molecular complexity index is 870. The first-order chi connectivity index (χ1) is 15.0. The van der Waals surface area contributed by atoms with Gasteiger partial charge in [-0.25, -0.2) is 0 Å². The number of nitrogens with two attached hydrogens (primary N) is 2. The van der Waals surface area contributed by atoms with Crippen LogP contribution in [0.25, 0.3) is 11.3 Å². The number of para-hydroxylation sites is 1. The molecule has 31 heavy (non-hydrogen) atoms. The molecule has 2 aliphatic rings. The van der Waals surface area contributed by atoms with Gasteiger partial charge in [0, 0.05) is 25.2 Å². The van der Waals surface area contributed by atoms with Crippen molar-refractivity contribution >= 4 is 11.5 Å². The zero-order chi connectivity index (χ0) is 21.8. The second-order valence-corrected chi connectivity index (χ2v) is 9.49. The van der Waals surface area contributed by atoms with Gasteiger partial charge in [-0.3, -0.25) is 0 Å². The molecule has 0 aliphatic carbocycles. The number of phenols is 1. The van der Waals surface area contributed by atoms with Crippen molar-refractivity contribution < 1.29 is 5.11 Å². The van der Waals surface area contributed by atoms with E-state index in [2.05, 4.69) is 26.9 Å². The van der Waals surface area contributed by atoms with Gasteiger partial charge in [-0.05, 0) is 81.3 Å². The van der Waals surface area contributed by atoms with Crippen LogP contribution in [0, 0.1) is 11.3 Å². The van der Waals surface area contributed by atoms with E-state index in [0.717, 1.165) is 31.7 Å². The Morgan fingerprint density at radius 3 is 2.42 bits per heavy atom. The van der Waals surface area contributed by atoms with E-state index in [0.29, 0.717) is 28.4 Å². The number of nitrogens with zero attached hydrogens (tertiary/aromatic N) is 4. The normalized spacial score (nSPS) is 20.1. The van der Waals surface area contributed by atoms with Crippen LogP contribution in [-0.4, -0.2) is 59.5 Å². The lowest BCUT2D eigenvalue weighted by Crippen LogP contribution is -2.47. The van der Waals surface area contributed by atoms with Crippen LogP contribution in [-0.2, 0) is 0 Å². The fraction of sp³-hybridized carbons (Fsp3) is 0.583. The highest BCUT2D eigenvalue weighted by molar-refractivity contribution is 5.74. The summed E-state index contributed by atoms with van der Waals surface area (Å²) in [6.07, 6.45) is 6.05. The molecule has 0 bridgehead atoms. The molecule has 7 nitrogen and oxygen atoms in total. The number of anilines is 2. The van der Waals surface area contributed by atoms with Gasteiger partial charge in [-0.1, -0.05) is 19.1 Å².